The van der Waals surface area contributed by atoms with Gasteiger partial charge in [-0.1, -0.05) is 6.07 Å². The molecule has 0 aliphatic rings. The lowest BCUT2D eigenvalue weighted by Crippen LogP contribution is -2.32. The Morgan fingerprint density at radius 3 is 2.90 bits per heavy atom. The van der Waals surface area contributed by atoms with E-state index in [1.807, 2.05) is 0 Å². The van der Waals surface area contributed by atoms with Crippen molar-refractivity contribution in [1.29, 1.82) is 0 Å². The fraction of sp³-hybridized carbons (Fsp3) is 0.364. The van der Waals surface area contributed by atoms with Crippen molar-refractivity contribution in [3.8, 4) is 0 Å². The Morgan fingerprint density at radius 2 is 2.20 bits per heavy atom. The topological polar surface area (TPSA) is 59.3 Å². The van der Waals surface area contributed by atoms with Gasteiger partial charge in [-0.15, -0.1) is 10.2 Å². The van der Waals surface area contributed by atoms with Gasteiger partial charge in [-0.2, -0.15) is 13.2 Å². The van der Waals surface area contributed by atoms with Crippen LogP contribution in [0.1, 0.15) is 12.7 Å². The fourth-order valence-corrected chi connectivity index (χ4v) is 2.17. The lowest BCUT2D eigenvalue weighted by atomic mass is 10.4. The van der Waals surface area contributed by atoms with Gasteiger partial charge >= 0.3 is 5.51 Å². The highest BCUT2D eigenvalue weighted by Gasteiger charge is 2.34. The maximum atomic E-state index is 12.1. The van der Waals surface area contributed by atoms with E-state index in [4.69, 9.17) is 0 Å². The summed E-state index contributed by atoms with van der Waals surface area (Å²) in [6, 6.07) is 5.29. The predicted molar refractivity (Wildman–Crippen MR) is 67.9 cm³/mol. The number of carbonyl (C=O) groups excluding carboxylic acids is 1. The molecule has 0 aromatic carbocycles. The summed E-state index contributed by atoms with van der Waals surface area (Å²) in [5.41, 5.74) is -3.83. The highest BCUT2D eigenvalue weighted by atomic mass is 32.2. The first-order valence-corrected chi connectivity index (χ1v) is 6.55. The van der Waals surface area contributed by atoms with Gasteiger partial charge in [-0.3, -0.25) is 9.20 Å². The fourth-order valence-electron chi connectivity index (χ4n) is 1.58. The summed E-state index contributed by atoms with van der Waals surface area (Å²) in [7, 11) is 0. The molecular weight excluding hydrogens is 293 g/mol. The monoisotopic (exact) mass is 304 g/mol. The van der Waals surface area contributed by atoms with Gasteiger partial charge < -0.3 is 5.32 Å². The molecule has 0 bridgehead atoms. The molecule has 1 atom stereocenters. The summed E-state index contributed by atoms with van der Waals surface area (Å²) in [5, 5.41) is 8.95. The van der Waals surface area contributed by atoms with E-state index in [9.17, 15) is 18.0 Å². The van der Waals surface area contributed by atoms with Gasteiger partial charge in [-0.25, -0.2) is 0 Å². The molecule has 2 aromatic heterocycles. The van der Waals surface area contributed by atoms with Crippen LogP contribution >= 0.6 is 11.8 Å². The number of nitrogens with zero attached hydrogens (tertiary/aromatic N) is 3. The lowest BCUT2D eigenvalue weighted by molar-refractivity contribution is -0.120. The standard InChI is InChI=1S/C11H11F3N4OS/c1-7(20-11(12,13)14)10(19)15-6-9-17-16-8-4-2-3-5-18(8)9/h2-5,7H,6H2,1H3,(H,15,19)/t7-/m0/s1. The summed E-state index contributed by atoms with van der Waals surface area (Å²) < 4.78 is 38.1. The molecule has 108 valence electrons. The summed E-state index contributed by atoms with van der Waals surface area (Å²) in [5.74, 6) is -0.238. The Balaban J connectivity index is 1.97. The molecule has 0 spiro atoms. The van der Waals surface area contributed by atoms with Crippen molar-refractivity contribution in [2.45, 2.75) is 24.2 Å². The second-order valence-electron chi connectivity index (χ2n) is 3.97. The number of hydrogen-bond acceptors (Lipinski definition) is 4. The number of thioether (sulfide) groups is 1. The number of amides is 1. The number of rotatable bonds is 4. The van der Waals surface area contributed by atoms with Crippen molar-refractivity contribution >= 4 is 23.3 Å². The van der Waals surface area contributed by atoms with Crippen LogP contribution in [0.25, 0.3) is 5.65 Å². The van der Waals surface area contributed by atoms with Crippen molar-refractivity contribution in [1.82, 2.24) is 19.9 Å². The number of hydrogen-bond donors (Lipinski definition) is 1. The maximum Gasteiger partial charge on any atom is 0.442 e. The second-order valence-corrected chi connectivity index (χ2v) is 5.37. The zero-order valence-corrected chi connectivity index (χ0v) is 11.2. The van der Waals surface area contributed by atoms with E-state index in [0.717, 1.165) is 0 Å². The largest absolute Gasteiger partial charge is 0.442 e. The maximum absolute atomic E-state index is 12.1. The average Bonchev–Trinajstić information content (AvgIpc) is 2.77. The first-order chi connectivity index (χ1) is 9.37. The molecule has 2 heterocycles. The minimum Gasteiger partial charge on any atom is -0.348 e. The highest BCUT2D eigenvalue weighted by Crippen LogP contribution is 2.33. The zero-order chi connectivity index (χ0) is 14.8. The minimum absolute atomic E-state index is 0.0206. The van der Waals surface area contributed by atoms with Gasteiger partial charge in [0.15, 0.2) is 11.5 Å². The molecule has 0 radical (unpaired) electrons. The van der Waals surface area contributed by atoms with E-state index >= 15 is 0 Å². The van der Waals surface area contributed by atoms with Crippen molar-refractivity contribution < 1.29 is 18.0 Å². The summed E-state index contributed by atoms with van der Waals surface area (Å²) in [4.78, 5) is 11.6. The lowest BCUT2D eigenvalue weighted by Gasteiger charge is -2.13. The Kier molecular flexibility index (Phi) is 4.17. The summed E-state index contributed by atoms with van der Waals surface area (Å²) >= 11 is -0.349. The quantitative estimate of drug-likeness (QED) is 0.938. The van der Waals surface area contributed by atoms with Crippen LogP contribution in [0.3, 0.4) is 0 Å². The molecule has 5 nitrogen and oxygen atoms in total. The van der Waals surface area contributed by atoms with Crippen LogP contribution in [0.15, 0.2) is 24.4 Å². The van der Waals surface area contributed by atoms with E-state index < -0.39 is 16.7 Å². The van der Waals surface area contributed by atoms with Gasteiger partial charge in [0, 0.05) is 6.20 Å². The number of pyridine rings is 1. The molecule has 0 aliphatic carbocycles. The van der Waals surface area contributed by atoms with Crippen LogP contribution in [-0.2, 0) is 11.3 Å². The molecule has 1 amide bonds. The third-order valence-corrected chi connectivity index (χ3v) is 3.32. The van der Waals surface area contributed by atoms with E-state index in [1.165, 1.54) is 6.92 Å². The zero-order valence-electron chi connectivity index (χ0n) is 10.4. The third kappa shape index (κ3) is 3.62. The second kappa shape index (κ2) is 5.70. The van der Waals surface area contributed by atoms with E-state index in [-0.39, 0.29) is 18.3 Å². The molecule has 9 heteroatoms. The first-order valence-electron chi connectivity index (χ1n) is 5.68. The minimum atomic E-state index is -4.43. The molecule has 2 aromatic rings. The highest BCUT2D eigenvalue weighted by molar-refractivity contribution is 8.01. The molecule has 0 saturated heterocycles. The predicted octanol–water partition coefficient (Wildman–Crippen LogP) is 1.99. The SMILES string of the molecule is C[C@H](SC(F)(F)F)C(=O)NCc1nnc2ccccn12. The molecule has 0 aliphatic heterocycles. The third-order valence-electron chi connectivity index (χ3n) is 2.48. The van der Waals surface area contributed by atoms with E-state index in [1.54, 1.807) is 28.8 Å². The van der Waals surface area contributed by atoms with Crippen LogP contribution < -0.4 is 5.32 Å². The van der Waals surface area contributed by atoms with Crippen LogP contribution in [-0.4, -0.2) is 31.3 Å². The van der Waals surface area contributed by atoms with Crippen molar-refractivity contribution in [3.63, 3.8) is 0 Å². The molecule has 20 heavy (non-hydrogen) atoms. The van der Waals surface area contributed by atoms with E-state index in [0.29, 0.717) is 11.5 Å². The van der Waals surface area contributed by atoms with Crippen molar-refractivity contribution in [2.24, 2.45) is 0 Å². The van der Waals surface area contributed by atoms with Crippen LogP contribution in [0.5, 0.6) is 0 Å². The molecule has 1 N–H and O–H groups in total. The number of fused-ring (bicyclic) bond motifs is 1. The average molecular weight is 304 g/mol. The Morgan fingerprint density at radius 1 is 1.45 bits per heavy atom. The Hall–Kier alpha value is -1.77. The summed E-state index contributed by atoms with van der Waals surface area (Å²) in [6.45, 7) is 1.22. The number of carbonyl (C=O) groups is 1. The van der Waals surface area contributed by atoms with Crippen molar-refractivity contribution in [3.05, 3.63) is 30.2 Å². The van der Waals surface area contributed by atoms with Gasteiger partial charge in [0.25, 0.3) is 0 Å². The molecule has 2 rings (SSSR count). The van der Waals surface area contributed by atoms with Crippen LogP contribution in [0.4, 0.5) is 13.2 Å². The Labute approximate surface area is 116 Å². The Bertz CT molecular complexity index is 613. The number of nitrogens with one attached hydrogen (secondary N) is 1. The van der Waals surface area contributed by atoms with Gasteiger partial charge in [0.05, 0.1) is 11.8 Å². The molecular formula is C11H11F3N4OS. The molecule has 0 fully saturated rings. The van der Waals surface area contributed by atoms with Crippen LogP contribution in [0.2, 0.25) is 0 Å². The van der Waals surface area contributed by atoms with E-state index in [2.05, 4.69) is 15.5 Å². The number of aromatic nitrogens is 3. The van der Waals surface area contributed by atoms with Gasteiger partial charge in [0.1, 0.15) is 0 Å². The van der Waals surface area contributed by atoms with Crippen LogP contribution in [0, 0.1) is 0 Å². The van der Waals surface area contributed by atoms with Gasteiger partial charge in [0.2, 0.25) is 5.91 Å². The summed E-state index contributed by atoms with van der Waals surface area (Å²) in [6.07, 6.45) is 1.71. The number of alkyl halides is 3. The molecule has 0 saturated carbocycles. The first kappa shape index (κ1) is 14.6. The number of halogens is 3. The van der Waals surface area contributed by atoms with Crippen molar-refractivity contribution in [2.75, 3.05) is 0 Å². The smallest absolute Gasteiger partial charge is 0.348 e. The molecule has 0 unspecified atom stereocenters. The van der Waals surface area contributed by atoms with Gasteiger partial charge in [-0.05, 0) is 30.8 Å². The normalized spacial score (nSPS) is 13.4.